The maximum Gasteiger partial charge on any atom is 0.228 e. The number of aromatic nitrogens is 2. The lowest BCUT2D eigenvalue weighted by Crippen LogP contribution is -2.17. The van der Waals surface area contributed by atoms with E-state index in [2.05, 4.69) is 10.1 Å². The summed E-state index contributed by atoms with van der Waals surface area (Å²) in [6, 6.07) is 3.97. The van der Waals surface area contributed by atoms with E-state index < -0.39 is 0 Å². The molecule has 2 N–H and O–H groups in total. The van der Waals surface area contributed by atoms with Gasteiger partial charge in [0.1, 0.15) is 0 Å². The van der Waals surface area contributed by atoms with Crippen LogP contribution < -0.4 is 5.73 Å². The Morgan fingerprint density at radius 3 is 3.00 bits per heavy atom. The van der Waals surface area contributed by atoms with Crippen molar-refractivity contribution in [2.75, 3.05) is 0 Å². The summed E-state index contributed by atoms with van der Waals surface area (Å²) in [6.45, 7) is 1.91. The predicted octanol–water partition coefficient (Wildman–Crippen LogP) is 2.11. The van der Waals surface area contributed by atoms with Crippen LogP contribution >= 0.6 is 23.7 Å². The fraction of sp³-hybridized carbons (Fsp3) is 0.333. The van der Waals surface area contributed by atoms with Gasteiger partial charge < -0.3 is 10.3 Å². The fourth-order valence-electron chi connectivity index (χ4n) is 1.12. The second kappa shape index (κ2) is 5.25. The second-order valence-electron chi connectivity index (χ2n) is 3.17. The molecule has 0 saturated heterocycles. The van der Waals surface area contributed by atoms with Crippen LogP contribution in [0.5, 0.6) is 0 Å². The number of nitrogens with zero attached hydrogens (tertiary/aromatic N) is 2. The molecule has 0 saturated carbocycles. The third-order valence-corrected chi connectivity index (χ3v) is 2.57. The summed E-state index contributed by atoms with van der Waals surface area (Å²) in [5.74, 6) is 1.25. The molecule has 1 atom stereocenters. The van der Waals surface area contributed by atoms with E-state index >= 15 is 0 Å². The molecule has 2 aromatic heterocycles. The highest BCUT2D eigenvalue weighted by atomic mass is 35.5. The van der Waals surface area contributed by atoms with Gasteiger partial charge in [-0.15, -0.1) is 23.7 Å². The third-order valence-electron chi connectivity index (χ3n) is 1.71. The third kappa shape index (κ3) is 3.02. The molecule has 0 aliphatic rings. The Hall–Kier alpha value is -0.910. The molecule has 4 nitrogen and oxygen atoms in total. The topological polar surface area (TPSA) is 64.9 Å². The molecule has 0 bridgehead atoms. The lowest BCUT2D eigenvalue weighted by atomic mass is 10.2. The maximum atomic E-state index is 5.63. The van der Waals surface area contributed by atoms with Crippen molar-refractivity contribution in [1.82, 2.24) is 10.1 Å². The minimum atomic E-state index is 0. The van der Waals surface area contributed by atoms with Crippen molar-refractivity contribution in [1.29, 1.82) is 0 Å². The molecule has 2 aromatic rings. The lowest BCUT2D eigenvalue weighted by molar-refractivity contribution is 0.372. The largest absolute Gasteiger partial charge is 0.339 e. The minimum absolute atomic E-state index is 0. The van der Waals surface area contributed by atoms with E-state index in [0.717, 1.165) is 4.88 Å². The first-order chi connectivity index (χ1) is 6.75. The average molecular weight is 246 g/mol. The molecule has 2 rings (SSSR count). The first-order valence-corrected chi connectivity index (χ1v) is 5.25. The zero-order chi connectivity index (χ0) is 9.97. The van der Waals surface area contributed by atoms with Crippen LogP contribution in [0.25, 0.3) is 10.7 Å². The van der Waals surface area contributed by atoms with Crippen LogP contribution in [0.2, 0.25) is 0 Å². The van der Waals surface area contributed by atoms with Crippen molar-refractivity contribution in [2.24, 2.45) is 5.73 Å². The van der Waals surface area contributed by atoms with Crippen LogP contribution in [0.1, 0.15) is 12.8 Å². The quantitative estimate of drug-likeness (QED) is 0.900. The predicted molar refractivity (Wildman–Crippen MR) is 62.2 cm³/mol. The Bertz CT molecular complexity index is 399. The van der Waals surface area contributed by atoms with Crippen LogP contribution in [0.3, 0.4) is 0 Å². The first-order valence-electron chi connectivity index (χ1n) is 4.38. The van der Waals surface area contributed by atoms with Gasteiger partial charge in [-0.1, -0.05) is 11.2 Å². The fourth-order valence-corrected chi connectivity index (χ4v) is 1.77. The Morgan fingerprint density at radius 2 is 2.40 bits per heavy atom. The number of thiophene rings is 1. The van der Waals surface area contributed by atoms with Crippen molar-refractivity contribution in [3.63, 3.8) is 0 Å². The summed E-state index contributed by atoms with van der Waals surface area (Å²) >= 11 is 1.59. The smallest absolute Gasteiger partial charge is 0.228 e. The summed E-state index contributed by atoms with van der Waals surface area (Å²) in [6.07, 6.45) is 0.623. The van der Waals surface area contributed by atoms with Gasteiger partial charge in [0.2, 0.25) is 11.7 Å². The number of halogens is 1. The van der Waals surface area contributed by atoms with Gasteiger partial charge in [0.15, 0.2) is 0 Å². The molecule has 15 heavy (non-hydrogen) atoms. The molecule has 0 aliphatic heterocycles. The van der Waals surface area contributed by atoms with Gasteiger partial charge in [0.05, 0.1) is 4.88 Å². The van der Waals surface area contributed by atoms with Crippen LogP contribution in [0, 0.1) is 0 Å². The first kappa shape index (κ1) is 12.2. The van der Waals surface area contributed by atoms with E-state index in [1.54, 1.807) is 11.3 Å². The summed E-state index contributed by atoms with van der Waals surface area (Å²) in [5.41, 5.74) is 5.63. The highest BCUT2D eigenvalue weighted by molar-refractivity contribution is 7.13. The molecule has 82 valence electrons. The SMILES string of the molecule is CC(N)Cc1nc(-c2cccs2)no1.Cl. The standard InChI is InChI=1S/C9H11N3OS.ClH/c1-6(10)5-8-11-9(12-13-8)7-3-2-4-14-7;/h2-4,6H,5,10H2,1H3;1H. The van der Waals surface area contributed by atoms with E-state index in [9.17, 15) is 0 Å². The van der Waals surface area contributed by atoms with E-state index in [1.165, 1.54) is 0 Å². The van der Waals surface area contributed by atoms with Crippen molar-refractivity contribution in [3.05, 3.63) is 23.4 Å². The molecule has 6 heteroatoms. The molecule has 0 radical (unpaired) electrons. The molecule has 0 spiro atoms. The van der Waals surface area contributed by atoms with E-state index in [-0.39, 0.29) is 18.4 Å². The Kier molecular flexibility index (Phi) is 4.26. The lowest BCUT2D eigenvalue weighted by Gasteiger charge is -1.96. The highest BCUT2D eigenvalue weighted by Crippen LogP contribution is 2.21. The van der Waals surface area contributed by atoms with Gasteiger partial charge in [-0.3, -0.25) is 0 Å². The Labute approximate surface area is 97.9 Å². The van der Waals surface area contributed by atoms with Gasteiger partial charge >= 0.3 is 0 Å². The van der Waals surface area contributed by atoms with E-state index in [4.69, 9.17) is 10.3 Å². The van der Waals surface area contributed by atoms with Crippen molar-refractivity contribution in [3.8, 4) is 10.7 Å². The molecule has 1 unspecified atom stereocenters. The summed E-state index contributed by atoms with van der Waals surface area (Å²) in [5, 5.41) is 5.86. The summed E-state index contributed by atoms with van der Waals surface area (Å²) in [7, 11) is 0. The highest BCUT2D eigenvalue weighted by Gasteiger charge is 2.10. The molecular weight excluding hydrogens is 234 g/mol. The molecule has 0 aromatic carbocycles. The van der Waals surface area contributed by atoms with Crippen molar-refractivity contribution >= 4 is 23.7 Å². The van der Waals surface area contributed by atoms with Gasteiger partial charge in [-0.25, -0.2) is 0 Å². The van der Waals surface area contributed by atoms with Gasteiger partial charge in [-0.2, -0.15) is 4.98 Å². The molecule has 0 fully saturated rings. The van der Waals surface area contributed by atoms with E-state index in [0.29, 0.717) is 18.1 Å². The molecular formula is C9H12ClN3OS. The van der Waals surface area contributed by atoms with Crippen LogP contribution in [-0.2, 0) is 6.42 Å². The average Bonchev–Trinajstić information content (AvgIpc) is 2.69. The molecule has 0 aliphatic carbocycles. The monoisotopic (exact) mass is 245 g/mol. The zero-order valence-electron chi connectivity index (χ0n) is 8.21. The maximum absolute atomic E-state index is 5.63. The Balaban J connectivity index is 0.00000112. The Morgan fingerprint density at radius 1 is 1.60 bits per heavy atom. The normalized spacial score (nSPS) is 12.1. The van der Waals surface area contributed by atoms with Gasteiger partial charge in [-0.05, 0) is 18.4 Å². The van der Waals surface area contributed by atoms with E-state index in [1.807, 2.05) is 24.4 Å². The number of hydrogen-bond donors (Lipinski definition) is 1. The molecule has 0 amide bonds. The van der Waals surface area contributed by atoms with Crippen molar-refractivity contribution < 1.29 is 4.52 Å². The number of rotatable bonds is 3. The molecule has 2 heterocycles. The second-order valence-corrected chi connectivity index (χ2v) is 4.12. The van der Waals surface area contributed by atoms with Crippen LogP contribution in [0.4, 0.5) is 0 Å². The van der Waals surface area contributed by atoms with Gasteiger partial charge in [0.25, 0.3) is 0 Å². The van der Waals surface area contributed by atoms with Crippen LogP contribution in [0.15, 0.2) is 22.0 Å². The van der Waals surface area contributed by atoms with Gasteiger partial charge in [0, 0.05) is 12.5 Å². The minimum Gasteiger partial charge on any atom is -0.339 e. The van der Waals surface area contributed by atoms with Crippen molar-refractivity contribution in [2.45, 2.75) is 19.4 Å². The number of nitrogens with two attached hydrogens (primary N) is 1. The summed E-state index contributed by atoms with van der Waals surface area (Å²) < 4.78 is 5.06. The van der Waals surface area contributed by atoms with Crippen LogP contribution in [-0.4, -0.2) is 16.2 Å². The summed E-state index contributed by atoms with van der Waals surface area (Å²) in [4.78, 5) is 5.26. The number of hydrogen-bond acceptors (Lipinski definition) is 5. The zero-order valence-corrected chi connectivity index (χ0v) is 9.85.